The third-order valence-electron chi connectivity index (χ3n) is 5.80. The van der Waals surface area contributed by atoms with Crippen LogP contribution >= 0.6 is 0 Å². The van der Waals surface area contributed by atoms with Crippen LogP contribution in [0.25, 0.3) is 6.08 Å². The van der Waals surface area contributed by atoms with Gasteiger partial charge in [0.05, 0.1) is 26.2 Å². The lowest BCUT2D eigenvalue weighted by Crippen LogP contribution is -2.21. The van der Waals surface area contributed by atoms with Crippen LogP contribution in [0.3, 0.4) is 0 Å². The Morgan fingerprint density at radius 2 is 1.76 bits per heavy atom. The van der Waals surface area contributed by atoms with E-state index in [1.165, 1.54) is 13.2 Å². The van der Waals surface area contributed by atoms with Crippen LogP contribution in [0.4, 0.5) is 0 Å². The molecule has 0 unspecified atom stereocenters. The summed E-state index contributed by atoms with van der Waals surface area (Å²) in [7, 11) is 3.05. The van der Waals surface area contributed by atoms with Crippen molar-refractivity contribution in [3.8, 4) is 28.7 Å². The van der Waals surface area contributed by atoms with Crippen molar-refractivity contribution in [1.29, 1.82) is 0 Å². The molecule has 0 bridgehead atoms. The van der Waals surface area contributed by atoms with Gasteiger partial charge in [0.25, 0.3) is 0 Å². The van der Waals surface area contributed by atoms with Crippen LogP contribution < -0.4 is 18.9 Å². The number of hydrogen-bond donors (Lipinski definition) is 1. The van der Waals surface area contributed by atoms with Gasteiger partial charge < -0.3 is 24.1 Å². The normalized spacial score (nSPS) is 17.8. The minimum atomic E-state index is -0.350. The Bertz CT molecular complexity index is 1300. The van der Waals surface area contributed by atoms with Crippen LogP contribution in [0.5, 0.6) is 28.7 Å². The van der Waals surface area contributed by atoms with E-state index < -0.39 is 0 Å². The molecule has 33 heavy (non-hydrogen) atoms. The highest BCUT2D eigenvalue weighted by molar-refractivity contribution is 6.15. The highest BCUT2D eigenvalue weighted by Gasteiger charge is 2.38. The van der Waals surface area contributed by atoms with Crippen LogP contribution in [0, 0.1) is 0 Å². The molecule has 2 heterocycles. The molecule has 3 aromatic carbocycles. The largest absolute Gasteiger partial charge is 0.504 e. The second-order valence-corrected chi connectivity index (χ2v) is 7.73. The maximum absolute atomic E-state index is 13.1. The van der Waals surface area contributed by atoms with Gasteiger partial charge in [-0.1, -0.05) is 18.2 Å². The number of rotatable bonds is 4. The van der Waals surface area contributed by atoms with Gasteiger partial charge in [0, 0.05) is 11.5 Å². The standard InChI is InChI=1S/C26H20O7/c1-30-16-6-4-15(5-7-16)18-13-23(28)32-21-10-8-17-25(29)22(33-26(17)24(18)21)12-14-3-9-20(31-2)19(27)11-14/h3-12,18,27H,13H2,1-2H3/b22-12-/t18-/m0/s1. The minimum absolute atomic E-state index is 0.0429. The van der Waals surface area contributed by atoms with Crippen LogP contribution in [0.2, 0.25) is 0 Å². The molecule has 0 saturated carbocycles. The molecule has 0 fully saturated rings. The summed E-state index contributed by atoms with van der Waals surface area (Å²) < 4.78 is 21.8. The number of ketones is 1. The van der Waals surface area contributed by atoms with Gasteiger partial charge in [-0.3, -0.25) is 9.59 Å². The molecule has 0 saturated heterocycles. The molecule has 5 rings (SSSR count). The molecule has 7 nitrogen and oxygen atoms in total. The molecule has 1 N–H and O–H groups in total. The summed E-state index contributed by atoms with van der Waals surface area (Å²) in [5, 5.41) is 10.0. The summed E-state index contributed by atoms with van der Waals surface area (Å²) in [6.45, 7) is 0. The second kappa shape index (κ2) is 8.02. The van der Waals surface area contributed by atoms with Gasteiger partial charge in [-0.05, 0) is 53.6 Å². The zero-order chi connectivity index (χ0) is 23.1. The molecule has 2 aliphatic heterocycles. The van der Waals surface area contributed by atoms with Crippen molar-refractivity contribution < 1.29 is 33.6 Å². The molecule has 3 aromatic rings. The van der Waals surface area contributed by atoms with E-state index in [-0.39, 0.29) is 35.6 Å². The number of carbonyl (C=O) groups excluding carboxylic acids is 2. The average molecular weight is 444 g/mol. The zero-order valence-corrected chi connectivity index (χ0v) is 18.0. The SMILES string of the molecule is COc1ccc([C@@H]2CC(=O)Oc3ccc4c(c32)O/C(=C\c2ccc(OC)c(O)c2)C4=O)cc1. The smallest absolute Gasteiger partial charge is 0.312 e. The summed E-state index contributed by atoms with van der Waals surface area (Å²) in [5.41, 5.74) is 2.52. The molecule has 2 aliphatic rings. The molecule has 166 valence electrons. The highest BCUT2D eigenvalue weighted by Crippen LogP contribution is 2.49. The zero-order valence-electron chi connectivity index (χ0n) is 18.0. The van der Waals surface area contributed by atoms with Gasteiger partial charge in [-0.15, -0.1) is 0 Å². The number of esters is 1. The summed E-state index contributed by atoms with van der Waals surface area (Å²) in [4.78, 5) is 25.4. The van der Waals surface area contributed by atoms with Crippen molar-refractivity contribution in [2.24, 2.45) is 0 Å². The summed E-state index contributed by atoms with van der Waals surface area (Å²) in [6.07, 6.45) is 1.68. The molecule has 1 atom stereocenters. The first-order valence-electron chi connectivity index (χ1n) is 10.3. The number of benzene rings is 3. The van der Waals surface area contributed by atoms with Gasteiger partial charge in [0.15, 0.2) is 17.3 Å². The first kappa shape index (κ1) is 20.6. The molecular weight excluding hydrogens is 424 g/mol. The molecular formula is C26H20O7. The van der Waals surface area contributed by atoms with E-state index in [1.54, 1.807) is 37.5 Å². The van der Waals surface area contributed by atoms with Gasteiger partial charge in [0.2, 0.25) is 5.78 Å². The van der Waals surface area contributed by atoms with E-state index >= 15 is 0 Å². The van der Waals surface area contributed by atoms with E-state index in [4.69, 9.17) is 18.9 Å². The fraction of sp³-hybridized carbons (Fsp3) is 0.154. The lowest BCUT2D eigenvalue weighted by Gasteiger charge is -2.26. The minimum Gasteiger partial charge on any atom is -0.504 e. The number of ether oxygens (including phenoxy) is 4. The molecule has 0 aliphatic carbocycles. The van der Waals surface area contributed by atoms with Gasteiger partial charge >= 0.3 is 5.97 Å². The van der Waals surface area contributed by atoms with Crippen LogP contribution in [-0.4, -0.2) is 31.1 Å². The number of aromatic hydroxyl groups is 1. The Labute approximate surface area is 189 Å². The first-order chi connectivity index (χ1) is 16.0. The lowest BCUT2D eigenvalue weighted by atomic mass is 9.84. The Balaban J connectivity index is 1.56. The first-order valence-corrected chi connectivity index (χ1v) is 10.3. The summed E-state index contributed by atoms with van der Waals surface area (Å²) in [6, 6.07) is 15.5. The molecule has 0 spiro atoms. The molecule has 0 amide bonds. The van der Waals surface area contributed by atoms with E-state index in [2.05, 4.69) is 0 Å². The molecule has 7 heteroatoms. The average Bonchev–Trinajstić information content (AvgIpc) is 3.13. The fourth-order valence-electron chi connectivity index (χ4n) is 4.18. The Kier molecular flexibility index (Phi) is 5.01. The van der Waals surface area contributed by atoms with E-state index in [9.17, 15) is 14.7 Å². The van der Waals surface area contributed by atoms with Crippen LogP contribution in [0.15, 0.2) is 60.4 Å². The van der Waals surface area contributed by atoms with Crippen molar-refractivity contribution in [3.63, 3.8) is 0 Å². The number of allylic oxidation sites excluding steroid dienone is 1. The number of Topliss-reactive ketones (excluding diaryl/α,β-unsaturated/α-hetero) is 1. The predicted molar refractivity (Wildman–Crippen MR) is 119 cm³/mol. The van der Waals surface area contributed by atoms with Gasteiger partial charge in [0.1, 0.15) is 17.2 Å². The van der Waals surface area contributed by atoms with E-state index in [0.29, 0.717) is 39.7 Å². The molecule has 0 aromatic heterocycles. The number of carbonyl (C=O) groups is 2. The number of phenols is 1. The number of hydrogen-bond acceptors (Lipinski definition) is 7. The van der Waals surface area contributed by atoms with Crippen molar-refractivity contribution in [3.05, 3.63) is 82.6 Å². The van der Waals surface area contributed by atoms with E-state index in [1.807, 2.05) is 24.3 Å². The van der Waals surface area contributed by atoms with Crippen molar-refractivity contribution >= 4 is 17.8 Å². The third-order valence-corrected chi connectivity index (χ3v) is 5.80. The number of methoxy groups -OCH3 is 2. The number of phenolic OH excluding ortho intramolecular Hbond substituents is 1. The second-order valence-electron chi connectivity index (χ2n) is 7.73. The van der Waals surface area contributed by atoms with Crippen LogP contribution in [0.1, 0.15) is 39.4 Å². The van der Waals surface area contributed by atoms with E-state index in [0.717, 1.165) is 5.56 Å². The maximum atomic E-state index is 13.1. The Morgan fingerprint density at radius 1 is 0.970 bits per heavy atom. The number of fused-ring (bicyclic) bond motifs is 3. The predicted octanol–water partition coefficient (Wildman–Crippen LogP) is 4.47. The highest BCUT2D eigenvalue weighted by atomic mass is 16.5. The van der Waals surface area contributed by atoms with Gasteiger partial charge in [-0.2, -0.15) is 0 Å². The maximum Gasteiger partial charge on any atom is 0.312 e. The fourth-order valence-corrected chi connectivity index (χ4v) is 4.18. The quantitative estimate of drug-likeness (QED) is 0.361. The molecule has 0 radical (unpaired) electrons. The van der Waals surface area contributed by atoms with Crippen molar-refractivity contribution in [1.82, 2.24) is 0 Å². The lowest BCUT2D eigenvalue weighted by molar-refractivity contribution is -0.135. The third kappa shape index (κ3) is 3.57. The van der Waals surface area contributed by atoms with Crippen LogP contribution in [-0.2, 0) is 4.79 Å². The van der Waals surface area contributed by atoms with Crippen molar-refractivity contribution in [2.75, 3.05) is 14.2 Å². The van der Waals surface area contributed by atoms with Gasteiger partial charge in [-0.25, -0.2) is 0 Å². The Hall–Kier alpha value is -4.26. The summed E-state index contributed by atoms with van der Waals surface area (Å²) in [5.74, 6) is 0.904. The topological polar surface area (TPSA) is 91.3 Å². The Morgan fingerprint density at radius 3 is 2.45 bits per heavy atom. The van der Waals surface area contributed by atoms with Crippen molar-refractivity contribution in [2.45, 2.75) is 12.3 Å². The summed E-state index contributed by atoms with van der Waals surface area (Å²) >= 11 is 0. The monoisotopic (exact) mass is 444 g/mol.